The molecule has 0 radical (unpaired) electrons. The maximum Gasteiger partial charge on any atom is 0.257 e. The number of amides is 1. The normalized spacial score (nSPS) is 11.3. The van der Waals surface area contributed by atoms with Crippen molar-refractivity contribution in [3.05, 3.63) is 53.6 Å². The van der Waals surface area contributed by atoms with Crippen LogP contribution in [-0.2, 0) is 9.84 Å². The van der Waals surface area contributed by atoms with Gasteiger partial charge in [-0.2, -0.15) is 0 Å². The van der Waals surface area contributed by atoms with Crippen molar-refractivity contribution in [1.82, 2.24) is 10.3 Å². The number of aromatic nitrogens is 1. The summed E-state index contributed by atoms with van der Waals surface area (Å²) < 4.78 is 24.0. The van der Waals surface area contributed by atoms with Crippen molar-refractivity contribution in [1.29, 1.82) is 0 Å². The van der Waals surface area contributed by atoms with E-state index in [9.17, 15) is 13.2 Å². The van der Waals surface area contributed by atoms with Crippen molar-refractivity contribution in [2.24, 2.45) is 0 Å². The lowest BCUT2D eigenvalue weighted by molar-refractivity contribution is 0.0977. The number of carbonyl (C=O) groups excluding carboxylic acids is 1. The summed E-state index contributed by atoms with van der Waals surface area (Å²) in [6, 6.07) is 11.9. The van der Waals surface area contributed by atoms with Crippen molar-refractivity contribution < 1.29 is 13.2 Å². The predicted octanol–water partition coefficient (Wildman–Crippen LogP) is 3.14. The zero-order chi connectivity index (χ0) is 18.9. The maximum atomic E-state index is 12.2. The van der Waals surface area contributed by atoms with Crippen molar-refractivity contribution in [3.8, 4) is 0 Å². The summed E-state index contributed by atoms with van der Waals surface area (Å²) in [4.78, 5) is 16.7. The number of rotatable bonds is 3. The number of hydrogen-bond donors (Lipinski definition) is 2. The van der Waals surface area contributed by atoms with Crippen molar-refractivity contribution in [2.45, 2.75) is 11.8 Å². The van der Waals surface area contributed by atoms with Gasteiger partial charge in [0.05, 0.1) is 15.1 Å². The number of thiazole rings is 1. The molecule has 0 unspecified atom stereocenters. The van der Waals surface area contributed by atoms with E-state index in [0.717, 1.165) is 11.8 Å². The van der Waals surface area contributed by atoms with Gasteiger partial charge in [-0.1, -0.05) is 29.0 Å². The SMILES string of the molecule is Cc1ccc(C(=O)NC(=S)Nc2nc3ccc(S(C)(=O)=O)cc3s2)cc1. The minimum Gasteiger partial charge on any atom is -0.308 e. The molecule has 0 saturated carbocycles. The van der Waals surface area contributed by atoms with Crippen LogP contribution in [0.15, 0.2) is 47.4 Å². The number of nitrogens with one attached hydrogen (secondary N) is 2. The maximum absolute atomic E-state index is 12.2. The van der Waals surface area contributed by atoms with Crippen LogP contribution in [0.2, 0.25) is 0 Å². The van der Waals surface area contributed by atoms with Gasteiger partial charge in [0.2, 0.25) is 0 Å². The van der Waals surface area contributed by atoms with E-state index in [4.69, 9.17) is 12.2 Å². The lowest BCUT2D eigenvalue weighted by Gasteiger charge is -2.07. The largest absolute Gasteiger partial charge is 0.308 e. The Kier molecular flexibility index (Phi) is 5.03. The Hall–Kier alpha value is -2.36. The van der Waals surface area contributed by atoms with Crippen molar-refractivity contribution >= 4 is 59.8 Å². The minimum atomic E-state index is -3.28. The molecule has 3 aromatic rings. The highest BCUT2D eigenvalue weighted by Crippen LogP contribution is 2.28. The van der Waals surface area contributed by atoms with Gasteiger partial charge in [-0.25, -0.2) is 13.4 Å². The molecule has 1 heterocycles. The third-order valence-electron chi connectivity index (χ3n) is 3.55. The first-order chi connectivity index (χ1) is 12.2. The smallest absolute Gasteiger partial charge is 0.257 e. The zero-order valence-electron chi connectivity index (χ0n) is 13.9. The average Bonchev–Trinajstić information content (AvgIpc) is 2.95. The number of carbonyl (C=O) groups is 1. The fourth-order valence-electron chi connectivity index (χ4n) is 2.20. The molecule has 0 spiro atoms. The highest BCUT2D eigenvalue weighted by Gasteiger charge is 2.12. The van der Waals surface area contributed by atoms with Gasteiger partial charge in [0.15, 0.2) is 20.1 Å². The lowest BCUT2D eigenvalue weighted by Crippen LogP contribution is -2.34. The summed E-state index contributed by atoms with van der Waals surface area (Å²) in [5.41, 5.74) is 2.21. The Morgan fingerprint density at radius 3 is 2.50 bits per heavy atom. The molecule has 1 amide bonds. The predicted molar refractivity (Wildman–Crippen MR) is 108 cm³/mol. The Labute approximate surface area is 160 Å². The third-order valence-corrected chi connectivity index (χ3v) is 5.80. The fraction of sp³-hybridized carbons (Fsp3) is 0.118. The number of hydrogen-bond acceptors (Lipinski definition) is 6. The summed E-state index contributed by atoms with van der Waals surface area (Å²) in [5, 5.41) is 6.05. The number of aryl methyl sites for hydroxylation is 1. The average molecular weight is 406 g/mol. The van der Waals surface area contributed by atoms with E-state index >= 15 is 0 Å². The van der Waals surface area contributed by atoms with Gasteiger partial charge >= 0.3 is 0 Å². The first-order valence-corrected chi connectivity index (χ1v) is 10.6. The molecule has 2 N–H and O–H groups in total. The molecule has 0 aliphatic heterocycles. The summed E-state index contributed by atoms with van der Waals surface area (Å²) in [5.74, 6) is -0.317. The van der Waals surface area contributed by atoms with Crippen LogP contribution < -0.4 is 10.6 Å². The summed E-state index contributed by atoms with van der Waals surface area (Å²) in [7, 11) is -3.28. The van der Waals surface area contributed by atoms with Gasteiger partial charge in [-0.15, -0.1) is 0 Å². The summed E-state index contributed by atoms with van der Waals surface area (Å²) >= 11 is 6.41. The first-order valence-electron chi connectivity index (χ1n) is 7.52. The van der Waals surface area contributed by atoms with Gasteiger partial charge < -0.3 is 5.32 Å². The van der Waals surface area contributed by atoms with Crippen molar-refractivity contribution in [3.63, 3.8) is 0 Å². The van der Waals surface area contributed by atoms with Crippen LogP contribution in [0.25, 0.3) is 10.2 Å². The van der Waals surface area contributed by atoms with Gasteiger partial charge in [-0.05, 0) is 49.5 Å². The summed E-state index contributed by atoms with van der Waals surface area (Å²) in [6.45, 7) is 1.94. The van der Waals surface area contributed by atoms with Gasteiger partial charge in [-0.3, -0.25) is 10.1 Å². The number of anilines is 1. The third kappa shape index (κ3) is 4.24. The number of benzene rings is 2. The number of thiocarbonyl (C=S) groups is 1. The molecule has 0 aliphatic carbocycles. The number of sulfone groups is 1. The Morgan fingerprint density at radius 2 is 1.85 bits per heavy atom. The number of fused-ring (bicyclic) bond motifs is 1. The highest BCUT2D eigenvalue weighted by molar-refractivity contribution is 7.90. The Balaban J connectivity index is 1.73. The topological polar surface area (TPSA) is 88.2 Å². The molecule has 26 heavy (non-hydrogen) atoms. The van der Waals surface area contributed by atoms with Crippen molar-refractivity contribution in [2.75, 3.05) is 11.6 Å². The second kappa shape index (κ2) is 7.10. The fourth-order valence-corrected chi connectivity index (χ4v) is 4.08. The molecular formula is C17H15N3O3S3. The molecule has 9 heteroatoms. The monoisotopic (exact) mass is 405 g/mol. The van der Waals surface area contributed by atoms with E-state index in [-0.39, 0.29) is 15.9 Å². The van der Waals surface area contributed by atoms with Gasteiger partial charge in [0, 0.05) is 11.8 Å². The molecule has 134 valence electrons. The van der Waals surface area contributed by atoms with Crippen LogP contribution in [0.1, 0.15) is 15.9 Å². The second-order valence-electron chi connectivity index (χ2n) is 5.69. The van der Waals surface area contributed by atoms with E-state index in [0.29, 0.717) is 20.9 Å². The quantitative estimate of drug-likeness (QED) is 0.651. The van der Waals surface area contributed by atoms with Crippen LogP contribution in [0.3, 0.4) is 0 Å². The molecule has 0 saturated heterocycles. The summed E-state index contributed by atoms with van der Waals surface area (Å²) in [6.07, 6.45) is 1.16. The lowest BCUT2D eigenvalue weighted by atomic mass is 10.1. The Morgan fingerprint density at radius 1 is 1.15 bits per heavy atom. The van der Waals surface area contributed by atoms with Crippen LogP contribution in [0.4, 0.5) is 5.13 Å². The van der Waals surface area contributed by atoms with E-state index in [1.165, 1.54) is 17.4 Å². The Bertz CT molecular complexity index is 1100. The minimum absolute atomic E-state index is 0.123. The second-order valence-corrected chi connectivity index (χ2v) is 9.15. The van der Waals surface area contributed by atoms with E-state index in [1.807, 2.05) is 19.1 Å². The standard InChI is InChI=1S/C17H15N3O3S3/c1-10-3-5-11(6-4-10)15(21)19-16(24)20-17-18-13-8-7-12(26(2,22)23)9-14(13)25-17/h3-9H,1-2H3,(H2,18,19,20,21,24). The molecule has 1 aromatic heterocycles. The van der Waals surface area contributed by atoms with E-state index in [1.54, 1.807) is 24.3 Å². The van der Waals surface area contributed by atoms with Crippen LogP contribution in [-0.4, -0.2) is 30.7 Å². The van der Waals surface area contributed by atoms with E-state index in [2.05, 4.69) is 15.6 Å². The molecule has 6 nitrogen and oxygen atoms in total. The molecule has 0 bridgehead atoms. The molecule has 3 rings (SSSR count). The number of nitrogens with zero attached hydrogens (tertiary/aromatic N) is 1. The van der Waals surface area contributed by atoms with Gasteiger partial charge in [0.1, 0.15) is 0 Å². The zero-order valence-corrected chi connectivity index (χ0v) is 16.4. The molecule has 0 atom stereocenters. The van der Waals surface area contributed by atoms with E-state index < -0.39 is 9.84 Å². The molecular weight excluding hydrogens is 390 g/mol. The molecule has 2 aromatic carbocycles. The molecule has 0 fully saturated rings. The first kappa shape index (κ1) is 18.4. The van der Waals surface area contributed by atoms with Crippen LogP contribution in [0, 0.1) is 6.92 Å². The van der Waals surface area contributed by atoms with Crippen LogP contribution in [0.5, 0.6) is 0 Å². The molecule has 0 aliphatic rings. The highest BCUT2D eigenvalue weighted by atomic mass is 32.2. The van der Waals surface area contributed by atoms with Crippen LogP contribution >= 0.6 is 23.6 Å². The van der Waals surface area contributed by atoms with Gasteiger partial charge in [0.25, 0.3) is 5.91 Å².